The summed E-state index contributed by atoms with van der Waals surface area (Å²) in [4.78, 5) is 0. The molecule has 1 aromatic rings. The van der Waals surface area contributed by atoms with Crippen molar-refractivity contribution in [3.63, 3.8) is 0 Å². The summed E-state index contributed by atoms with van der Waals surface area (Å²) in [6.45, 7) is 5.95. The molecular formula is C16H23N. The van der Waals surface area contributed by atoms with Crippen molar-refractivity contribution in [3.8, 4) is 0 Å². The van der Waals surface area contributed by atoms with Gasteiger partial charge in [-0.2, -0.15) is 0 Å². The van der Waals surface area contributed by atoms with Crippen LogP contribution in [-0.4, -0.2) is 6.54 Å². The standard InChI is InChI=1S/C16H23N/c1-12-7-8-15(17-11-16(2)9-10-16)14-6-4-3-5-13(12)14/h3-6,12,15,17H,7-11H2,1-2H3. The largest absolute Gasteiger partial charge is 0.309 e. The normalized spacial score (nSPS) is 29.8. The summed E-state index contributed by atoms with van der Waals surface area (Å²) < 4.78 is 0. The molecule has 0 bridgehead atoms. The summed E-state index contributed by atoms with van der Waals surface area (Å²) in [6.07, 6.45) is 5.44. The van der Waals surface area contributed by atoms with E-state index in [1.54, 1.807) is 11.1 Å². The lowest BCUT2D eigenvalue weighted by Crippen LogP contribution is -2.30. The zero-order valence-electron chi connectivity index (χ0n) is 11.0. The van der Waals surface area contributed by atoms with Gasteiger partial charge in [-0.15, -0.1) is 0 Å². The van der Waals surface area contributed by atoms with Crippen LogP contribution >= 0.6 is 0 Å². The fourth-order valence-corrected chi connectivity index (χ4v) is 2.98. The van der Waals surface area contributed by atoms with Crippen LogP contribution in [0.5, 0.6) is 0 Å². The Kier molecular flexibility index (Phi) is 2.74. The van der Waals surface area contributed by atoms with Crippen LogP contribution in [0.25, 0.3) is 0 Å². The van der Waals surface area contributed by atoms with Crippen molar-refractivity contribution < 1.29 is 0 Å². The molecule has 1 nitrogen and oxygen atoms in total. The fraction of sp³-hybridized carbons (Fsp3) is 0.625. The van der Waals surface area contributed by atoms with Crippen LogP contribution in [0.4, 0.5) is 0 Å². The first-order valence-corrected chi connectivity index (χ1v) is 7.00. The van der Waals surface area contributed by atoms with Gasteiger partial charge in [-0.05, 0) is 48.1 Å². The van der Waals surface area contributed by atoms with Gasteiger partial charge in [0.2, 0.25) is 0 Å². The highest BCUT2D eigenvalue weighted by molar-refractivity contribution is 5.34. The van der Waals surface area contributed by atoms with Crippen LogP contribution < -0.4 is 5.32 Å². The first-order chi connectivity index (χ1) is 8.18. The summed E-state index contributed by atoms with van der Waals surface area (Å²) in [5.41, 5.74) is 3.73. The maximum absolute atomic E-state index is 3.80. The van der Waals surface area contributed by atoms with E-state index in [-0.39, 0.29) is 0 Å². The van der Waals surface area contributed by atoms with Crippen molar-refractivity contribution in [1.29, 1.82) is 0 Å². The lowest BCUT2D eigenvalue weighted by atomic mass is 9.81. The molecule has 1 saturated carbocycles. The van der Waals surface area contributed by atoms with Crippen molar-refractivity contribution in [2.45, 2.75) is 51.5 Å². The highest BCUT2D eigenvalue weighted by Gasteiger charge is 2.37. The Labute approximate surface area is 105 Å². The molecule has 0 spiro atoms. The van der Waals surface area contributed by atoms with E-state index in [0.29, 0.717) is 11.5 Å². The average molecular weight is 229 g/mol. The third-order valence-corrected chi connectivity index (χ3v) is 4.67. The van der Waals surface area contributed by atoms with E-state index in [1.165, 1.54) is 32.2 Å². The second-order valence-electron chi connectivity index (χ2n) is 6.35. The smallest absolute Gasteiger partial charge is 0.0323 e. The molecule has 92 valence electrons. The van der Waals surface area contributed by atoms with Crippen LogP contribution in [0, 0.1) is 5.41 Å². The van der Waals surface area contributed by atoms with Gasteiger partial charge < -0.3 is 5.32 Å². The van der Waals surface area contributed by atoms with Crippen molar-refractivity contribution >= 4 is 0 Å². The molecule has 0 aliphatic heterocycles. The minimum Gasteiger partial charge on any atom is -0.309 e. The average Bonchev–Trinajstić information content (AvgIpc) is 3.08. The topological polar surface area (TPSA) is 12.0 Å². The van der Waals surface area contributed by atoms with Gasteiger partial charge in [0.15, 0.2) is 0 Å². The summed E-state index contributed by atoms with van der Waals surface area (Å²) in [5, 5.41) is 3.80. The SMILES string of the molecule is CC1CCC(NCC2(C)CC2)c2ccccc21. The number of nitrogens with one attached hydrogen (secondary N) is 1. The van der Waals surface area contributed by atoms with E-state index >= 15 is 0 Å². The molecule has 0 heterocycles. The Morgan fingerprint density at radius 1 is 1.18 bits per heavy atom. The lowest BCUT2D eigenvalue weighted by Gasteiger charge is -2.31. The predicted molar refractivity (Wildman–Crippen MR) is 72.2 cm³/mol. The lowest BCUT2D eigenvalue weighted by molar-refractivity contribution is 0.390. The summed E-state index contributed by atoms with van der Waals surface area (Å²) >= 11 is 0. The monoisotopic (exact) mass is 229 g/mol. The molecule has 2 aliphatic rings. The molecule has 1 aromatic carbocycles. The molecule has 17 heavy (non-hydrogen) atoms. The fourth-order valence-electron chi connectivity index (χ4n) is 2.98. The van der Waals surface area contributed by atoms with Gasteiger partial charge in [-0.1, -0.05) is 38.1 Å². The first kappa shape index (κ1) is 11.3. The molecule has 1 fully saturated rings. The minimum absolute atomic E-state index is 0.597. The second-order valence-corrected chi connectivity index (χ2v) is 6.35. The number of hydrogen-bond acceptors (Lipinski definition) is 1. The first-order valence-electron chi connectivity index (χ1n) is 7.00. The molecule has 2 atom stereocenters. The third-order valence-electron chi connectivity index (χ3n) is 4.67. The molecule has 3 rings (SSSR count). The van der Waals surface area contributed by atoms with E-state index in [0.717, 1.165) is 5.92 Å². The Hall–Kier alpha value is -0.820. The van der Waals surface area contributed by atoms with E-state index in [1.807, 2.05) is 0 Å². The van der Waals surface area contributed by atoms with Crippen LogP contribution in [0.2, 0.25) is 0 Å². The zero-order valence-corrected chi connectivity index (χ0v) is 11.0. The van der Waals surface area contributed by atoms with Gasteiger partial charge in [0, 0.05) is 12.6 Å². The van der Waals surface area contributed by atoms with Gasteiger partial charge in [-0.3, -0.25) is 0 Å². The summed E-state index contributed by atoms with van der Waals surface area (Å²) in [5.74, 6) is 0.737. The highest BCUT2D eigenvalue weighted by Crippen LogP contribution is 2.45. The van der Waals surface area contributed by atoms with E-state index in [2.05, 4.69) is 43.4 Å². The highest BCUT2D eigenvalue weighted by atomic mass is 14.9. The van der Waals surface area contributed by atoms with Crippen molar-refractivity contribution in [3.05, 3.63) is 35.4 Å². The second kappa shape index (κ2) is 4.13. The molecule has 0 saturated heterocycles. The Balaban J connectivity index is 1.75. The van der Waals surface area contributed by atoms with Crippen LogP contribution in [0.1, 0.15) is 62.6 Å². The molecular weight excluding hydrogens is 206 g/mol. The quantitative estimate of drug-likeness (QED) is 0.825. The molecule has 0 amide bonds. The van der Waals surface area contributed by atoms with Gasteiger partial charge in [0.25, 0.3) is 0 Å². The van der Waals surface area contributed by atoms with E-state index < -0.39 is 0 Å². The maximum Gasteiger partial charge on any atom is 0.0323 e. The maximum atomic E-state index is 3.80. The minimum atomic E-state index is 0.597. The van der Waals surface area contributed by atoms with Crippen LogP contribution in [0.15, 0.2) is 24.3 Å². The molecule has 1 N–H and O–H groups in total. The van der Waals surface area contributed by atoms with Crippen molar-refractivity contribution in [2.75, 3.05) is 6.54 Å². The van der Waals surface area contributed by atoms with Crippen LogP contribution in [-0.2, 0) is 0 Å². The molecule has 2 aliphatic carbocycles. The van der Waals surface area contributed by atoms with Gasteiger partial charge >= 0.3 is 0 Å². The van der Waals surface area contributed by atoms with E-state index in [4.69, 9.17) is 0 Å². The van der Waals surface area contributed by atoms with Crippen molar-refractivity contribution in [1.82, 2.24) is 5.32 Å². The Bertz CT molecular complexity index is 406. The van der Waals surface area contributed by atoms with Gasteiger partial charge in [-0.25, -0.2) is 0 Å². The predicted octanol–water partition coefficient (Wildman–Crippen LogP) is 4.01. The number of hydrogen-bond donors (Lipinski definition) is 1. The van der Waals surface area contributed by atoms with Gasteiger partial charge in [0.05, 0.1) is 0 Å². The number of rotatable bonds is 3. The molecule has 0 radical (unpaired) electrons. The number of benzene rings is 1. The van der Waals surface area contributed by atoms with Crippen LogP contribution in [0.3, 0.4) is 0 Å². The molecule has 2 unspecified atom stereocenters. The summed E-state index contributed by atoms with van der Waals surface area (Å²) in [6, 6.07) is 9.59. The van der Waals surface area contributed by atoms with Gasteiger partial charge in [0.1, 0.15) is 0 Å². The number of fused-ring (bicyclic) bond motifs is 1. The third kappa shape index (κ3) is 2.26. The Morgan fingerprint density at radius 3 is 2.59 bits per heavy atom. The van der Waals surface area contributed by atoms with Crippen molar-refractivity contribution in [2.24, 2.45) is 5.41 Å². The molecule has 0 aromatic heterocycles. The Morgan fingerprint density at radius 2 is 1.88 bits per heavy atom. The van der Waals surface area contributed by atoms with E-state index in [9.17, 15) is 0 Å². The zero-order chi connectivity index (χ0) is 11.9. The molecule has 1 heteroatoms. The summed E-state index contributed by atoms with van der Waals surface area (Å²) in [7, 11) is 0.